The molecular weight excluding hydrogens is 433 g/mol. The van der Waals surface area contributed by atoms with Gasteiger partial charge in [-0.05, 0) is 56.2 Å². The molecule has 1 aromatic carbocycles. The zero-order chi connectivity index (χ0) is 21.8. The third-order valence-corrected chi connectivity index (χ3v) is 8.42. The zero-order valence-corrected chi connectivity index (χ0v) is 19.6. The quantitative estimate of drug-likeness (QED) is 0.715. The summed E-state index contributed by atoms with van der Waals surface area (Å²) in [6, 6.07) is 6.66. The van der Waals surface area contributed by atoms with E-state index in [1.54, 1.807) is 0 Å². The minimum absolute atomic E-state index is 0.0187. The number of hydrogen-bond donors (Lipinski definition) is 1. The lowest BCUT2D eigenvalue weighted by Gasteiger charge is -2.34. The molecule has 2 saturated heterocycles. The van der Waals surface area contributed by atoms with Gasteiger partial charge >= 0.3 is 0 Å². The molecular formula is C24H31Cl2N3O2. The predicted octanol–water partition coefficient (Wildman–Crippen LogP) is 4.08. The Morgan fingerprint density at radius 1 is 1.00 bits per heavy atom. The summed E-state index contributed by atoms with van der Waals surface area (Å²) in [4.78, 5) is 30.0. The Kier molecular flexibility index (Phi) is 5.72. The number of carbonyl (C=O) groups excluding carboxylic acids is 2. The molecule has 1 N–H and O–H groups in total. The highest BCUT2D eigenvalue weighted by Crippen LogP contribution is 2.47. The van der Waals surface area contributed by atoms with Crippen molar-refractivity contribution in [3.63, 3.8) is 0 Å². The van der Waals surface area contributed by atoms with E-state index in [4.69, 9.17) is 23.2 Å². The van der Waals surface area contributed by atoms with Crippen molar-refractivity contribution in [1.29, 1.82) is 0 Å². The number of likely N-dealkylation sites (tertiary alicyclic amines) is 2. The maximum atomic E-state index is 13.4. The monoisotopic (exact) mass is 463 g/mol. The molecule has 2 amide bonds. The smallest absolute Gasteiger partial charge is 0.228 e. The predicted molar refractivity (Wildman–Crippen MR) is 122 cm³/mol. The van der Waals surface area contributed by atoms with E-state index in [0.29, 0.717) is 35.7 Å². The molecule has 5 rings (SSSR count). The van der Waals surface area contributed by atoms with Crippen molar-refractivity contribution in [2.45, 2.75) is 63.5 Å². The van der Waals surface area contributed by atoms with Crippen LogP contribution in [-0.4, -0.2) is 59.9 Å². The second-order valence-electron chi connectivity index (χ2n) is 10.2. The Morgan fingerprint density at radius 2 is 1.71 bits per heavy atom. The highest BCUT2D eigenvalue weighted by Gasteiger charge is 2.48. The zero-order valence-electron chi connectivity index (χ0n) is 18.1. The summed E-state index contributed by atoms with van der Waals surface area (Å²) in [5, 5.41) is 4.87. The lowest BCUT2D eigenvalue weighted by Crippen LogP contribution is -2.46. The summed E-state index contributed by atoms with van der Waals surface area (Å²) in [7, 11) is 0. The van der Waals surface area contributed by atoms with Gasteiger partial charge in [-0.15, -0.1) is 0 Å². The maximum Gasteiger partial charge on any atom is 0.228 e. The number of rotatable bonds is 5. The lowest BCUT2D eigenvalue weighted by atomic mass is 9.93. The second-order valence-corrected chi connectivity index (χ2v) is 11.0. The van der Waals surface area contributed by atoms with Crippen molar-refractivity contribution in [2.75, 3.05) is 26.2 Å². The van der Waals surface area contributed by atoms with Crippen LogP contribution in [0.25, 0.3) is 0 Å². The van der Waals surface area contributed by atoms with Crippen LogP contribution < -0.4 is 5.32 Å². The van der Waals surface area contributed by atoms with Crippen molar-refractivity contribution in [3.8, 4) is 0 Å². The minimum Gasteiger partial charge on any atom is -0.342 e. The normalized spacial score (nSPS) is 28.1. The summed E-state index contributed by atoms with van der Waals surface area (Å²) in [5.74, 6) is 0.767. The van der Waals surface area contributed by atoms with Gasteiger partial charge in [-0.1, -0.05) is 36.2 Å². The van der Waals surface area contributed by atoms with Gasteiger partial charge < -0.3 is 15.1 Å². The number of amides is 2. The van der Waals surface area contributed by atoms with Gasteiger partial charge in [0.1, 0.15) is 0 Å². The molecule has 2 saturated carbocycles. The third-order valence-electron chi connectivity index (χ3n) is 7.68. The van der Waals surface area contributed by atoms with E-state index >= 15 is 0 Å². The molecule has 5 nitrogen and oxygen atoms in total. The first kappa shape index (κ1) is 21.5. The Hall–Kier alpha value is -1.30. The van der Waals surface area contributed by atoms with Gasteiger partial charge in [0, 0.05) is 55.5 Å². The number of nitrogens with zero attached hydrogens (tertiary/aromatic N) is 2. The first-order valence-electron chi connectivity index (χ1n) is 11.6. The molecule has 0 aromatic heterocycles. The van der Waals surface area contributed by atoms with Crippen LogP contribution in [0.15, 0.2) is 18.2 Å². The number of nitrogens with one attached hydrogen (secondary N) is 1. The molecule has 2 heterocycles. The first-order chi connectivity index (χ1) is 14.8. The maximum absolute atomic E-state index is 13.4. The summed E-state index contributed by atoms with van der Waals surface area (Å²) in [5.41, 5.74) is 1.02. The van der Waals surface area contributed by atoms with E-state index in [1.165, 1.54) is 12.8 Å². The average Bonchev–Trinajstić information content (AvgIpc) is 3.69. The summed E-state index contributed by atoms with van der Waals surface area (Å²) >= 11 is 12.4. The number of hydrogen-bond acceptors (Lipinski definition) is 3. The summed E-state index contributed by atoms with van der Waals surface area (Å²) < 4.78 is 0. The fourth-order valence-corrected chi connectivity index (χ4v) is 5.46. The van der Waals surface area contributed by atoms with Crippen molar-refractivity contribution in [3.05, 3.63) is 33.8 Å². The number of benzene rings is 1. The average molecular weight is 464 g/mol. The molecule has 1 aromatic rings. The summed E-state index contributed by atoms with van der Waals surface area (Å²) in [6.07, 6.45) is 5.98. The highest BCUT2D eigenvalue weighted by molar-refractivity contribution is 6.42. The van der Waals surface area contributed by atoms with Crippen LogP contribution >= 0.6 is 23.2 Å². The van der Waals surface area contributed by atoms with Crippen molar-refractivity contribution in [2.24, 2.45) is 11.3 Å². The van der Waals surface area contributed by atoms with Crippen LogP contribution in [0, 0.1) is 11.3 Å². The van der Waals surface area contributed by atoms with Gasteiger partial charge in [0.25, 0.3) is 0 Å². The summed E-state index contributed by atoms with van der Waals surface area (Å²) in [6.45, 7) is 4.92. The van der Waals surface area contributed by atoms with Gasteiger partial charge in [0.2, 0.25) is 11.8 Å². The van der Waals surface area contributed by atoms with Gasteiger partial charge in [0.15, 0.2) is 0 Å². The van der Waals surface area contributed by atoms with Crippen LogP contribution in [0.1, 0.15) is 56.9 Å². The molecule has 2 aliphatic heterocycles. The second kappa shape index (κ2) is 8.24. The van der Waals surface area contributed by atoms with Crippen LogP contribution in [0.4, 0.5) is 0 Å². The Balaban J connectivity index is 1.24. The largest absolute Gasteiger partial charge is 0.342 e. The Bertz CT molecular complexity index is 876. The highest BCUT2D eigenvalue weighted by atomic mass is 35.5. The van der Waals surface area contributed by atoms with E-state index in [9.17, 15) is 9.59 Å². The van der Waals surface area contributed by atoms with E-state index in [2.05, 4.69) is 12.2 Å². The van der Waals surface area contributed by atoms with Crippen LogP contribution in [0.5, 0.6) is 0 Å². The molecule has 2 aliphatic carbocycles. The van der Waals surface area contributed by atoms with E-state index in [0.717, 1.165) is 37.8 Å². The first-order valence-corrected chi connectivity index (χ1v) is 12.4. The molecule has 168 valence electrons. The van der Waals surface area contributed by atoms with Crippen LogP contribution in [-0.2, 0) is 9.59 Å². The fourth-order valence-electron chi connectivity index (χ4n) is 5.16. The Labute approximate surface area is 194 Å². The molecule has 0 spiro atoms. The van der Waals surface area contributed by atoms with Gasteiger partial charge in [-0.25, -0.2) is 0 Å². The Morgan fingerprint density at radius 3 is 2.32 bits per heavy atom. The van der Waals surface area contributed by atoms with Crippen LogP contribution in [0.2, 0.25) is 10.0 Å². The molecule has 31 heavy (non-hydrogen) atoms. The van der Waals surface area contributed by atoms with E-state index < -0.39 is 0 Å². The van der Waals surface area contributed by atoms with Crippen molar-refractivity contribution < 1.29 is 9.59 Å². The van der Waals surface area contributed by atoms with Crippen molar-refractivity contribution >= 4 is 35.0 Å². The van der Waals surface area contributed by atoms with Gasteiger partial charge in [-0.3, -0.25) is 9.59 Å². The standard InChI is InChI=1S/C24H31Cl2N3O2/c1-24(8-9-24)23(31)28-10-6-15(7-11-28)22(30)29-13-18(21(14-29)27-17-3-4-17)16-2-5-19(25)20(26)12-16/h2,5,12,15,17-18,21,27H,3-4,6-11,13-14H2,1H3. The third kappa shape index (κ3) is 4.46. The number of piperidine rings is 1. The van der Waals surface area contributed by atoms with E-state index in [1.807, 2.05) is 28.0 Å². The molecule has 4 aliphatic rings. The topological polar surface area (TPSA) is 52.7 Å². The molecule has 2 unspecified atom stereocenters. The molecule has 0 radical (unpaired) electrons. The van der Waals surface area contributed by atoms with Gasteiger partial charge in [-0.2, -0.15) is 0 Å². The molecule has 2 atom stereocenters. The SMILES string of the molecule is CC1(C(=O)N2CCC(C(=O)N3CC(NC4CC4)C(c4ccc(Cl)c(Cl)c4)C3)CC2)CC1. The fraction of sp³-hybridized carbons (Fsp3) is 0.667. The van der Waals surface area contributed by atoms with Gasteiger partial charge in [0.05, 0.1) is 10.0 Å². The lowest BCUT2D eigenvalue weighted by molar-refractivity contribution is -0.142. The molecule has 7 heteroatoms. The van der Waals surface area contributed by atoms with Crippen LogP contribution in [0.3, 0.4) is 0 Å². The van der Waals surface area contributed by atoms with E-state index in [-0.39, 0.29) is 35.1 Å². The minimum atomic E-state index is -0.124. The molecule has 0 bridgehead atoms. The number of carbonyl (C=O) groups is 2. The number of halogens is 2. The molecule has 4 fully saturated rings. The van der Waals surface area contributed by atoms with Crippen molar-refractivity contribution in [1.82, 2.24) is 15.1 Å².